The Labute approximate surface area is 328 Å². The summed E-state index contributed by atoms with van der Waals surface area (Å²) in [6.07, 6.45) is 19.5. The van der Waals surface area contributed by atoms with Crippen LogP contribution in [0.3, 0.4) is 0 Å². The van der Waals surface area contributed by atoms with E-state index in [0.717, 1.165) is 74.8 Å². The maximum absolute atomic E-state index is 12.8. The fourth-order valence-electron chi connectivity index (χ4n) is 6.72. The molecule has 0 spiro atoms. The van der Waals surface area contributed by atoms with Crippen molar-refractivity contribution in [1.82, 2.24) is 10.2 Å². The minimum absolute atomic E-state index is 0.118. The first kappa shape index (κ1) is 47.5. The molecule has 310 valence electrons. The molecule has 0 saturated carbocycles. The predicted molar refractivity (Wildman–Crippen MR) is 215 cm³/mol. The van der Waals surface area contributed by atoms with Gasteiger partial charge in [0.05, 0.1) is 6.42 Å². The molecule has 1 N–H and O–H groups in total. The van der Waals surface area contributed by atoms with Gasteiger partial charge in [0, 0.05) is 39.1 Å². The topological polar surface area (TPSA) is 113 Å². The molecule has 1 saturated heterocycles. The Hall–Kier alpha value is -2.69. The Morgan fingerprint density at radius 2 is 1.19 bits per heavy atom. The second-order valence-electron chi connectivity index (χ2n) is 15.1. The molecule has 0 aromatic heterocycles. The van der Waals surface area contributed by atoms with E-state index in [1.165, 1.54) is 64.2 Å². The van der Waals surface area contributed by atoms with Crippen LogP contribution < -0.4 is 5.32 Å². The molecule has 1 atom stereocenters. The van der Waals surface area contributed by atoms with Gasteiger partial charge in [0.2, 0.25) is 0 Å². The fraction of sp³-hybridized carbons (Fsp3) is 0.795. The number of carbonyl (C=O) groups is 3. The van der Waals surface area contributed by atoms with E-state index in [9.17, 15) is 14.4 Å². The number of rotatable bonds is 33. The molecule has 10 heteroatoms. The maximum atomic E-state index is 12.8. The second-order valence-corrected chi connectivity index (χ2v) is 15.1. The number of unbranched alkanes of at least 4 members (excludes halogenated alkanes) is 11. The highest BCUT2D eigenvalue weighted by atomic mass is 16.7. The zero-order chi connectivity index (χ0) is 39.1. The zero-order valence-corrected chi connectivity index (χ0v) is 34.6. The molecule has 0 radical (unpaired) electrons. The molecule has 0 aliphatic carbocycles. The summed E-state index contributed by atoms with van der Waals surface area (Å²) >= 11 is 0. The normalized spacial score (nSPS) is 13.6. The fourth-order valence-corrected chi connectivity index (χ4v) is 6.72. The molecule has 1 aromatic rings. The minimum atomic E-state index is -0.426. The van der Waals surface area contributed by atoms with Crippen LogP contribution in [0.25, 0.3) is 0 Å². The number of esters is 2. The summed E-state index contributed by atoms with van der Waals surface area (Å²) in [7, 11) is 0. The number of ether oxygens (including phenoxy) is 5. The van der Waals surface area contributed by atoms with Gasteiger partial charge in [-0.3, -0.25) is 9.59 Å². The molecule has 1 unspecified atom stereocenters. The number of hydrogen-bond donors (Lipinski definition) is 1. The van der Waals surface area contributed by atoms with Gasteiger partial charge < -0.3 is 33.9 Å². The van der Waals surface area contributed by atoms with Gasteiger partial charge in [0.1, 0.15) is 19.3 Å². The van der Waals surface area contributed by atoms with E-state index < -0.39 is 12.4 Å². The second kappa shape index (κ2) is 31.5. The summed E-state index contributed by atoms with van der Waals surface area (Å²) in [5.41, 5.74) is 2.66. The van der Waals surface area contributed by atoms with Crippen molar-refractivity contribution in [3.8, 4) is 0 Å². The van der Waals surface area contributed by atoms with Gasteiger partial charge in [0.15, 0.2) is 6.29 Å². The van der Waals surface area contributed by atoms with Crippen LogP contribution in [0.15, 0.2) is 18.2 Å². The SMILES string of the molecule is CCCCCCCCOC(CCC(=O)OCc1cc(C)cc(COC(=O)CCC(CCCC)OC(=O)NCCN2CCCC2)c1)OCCCCCCCC. The van der Waals surface area contributed by atoms with Crippen LogP contribution in [0.5, 0.6) is 0 Å². The van der Waals surface area contributed by atoms with E-state index in [0.29, 0.717) is 39.0 Å². The lowest BCUT2D eigenvalue weighted by atomic mass is 10.1. The number of likely N-dealkylation sites (tertiary alicyclic amines) is 1. The molecule has 1 aliphatic heterocycles. The van der Waals surface area contributed by atoms with Crippen LogP contribution in [0.4, 0.5) is 4.79 Å². The molecule has 1 heterocycles. The summed E-state index contributed by atoms with van der Waals surface area (Å²) in [5.74, 6) is -0.628. The average molecular weight is 761 g/mol. The summed E-state index contributed by atoms with van der Waals surface area (Å²) in [5, 5.41) is 2.86. The standard InChI is InChI=1S/C44H76N2O8/c1-5-8-11-13-15-19-30-50-43(51-31-20-16-14-12-9-6-2)25-24-42(48)53-36-39-33-37(4)32-38(34-39)35-52-41(47)23-22-40(21-10-7-3)54-44(49)45-26-29-46-27-17-18-28-46/h32-34,40,43H,5-31,35-36H2,1-4H3,(H,45,49). The van der Waals surface area contributed by atoms with Crippen LogP contribution in [0.1, 0.15) is 172 Å². The van der Waals surface area contributed by atoms with Gasteiger partial charge in [-0.1, -0.05) is 116 Å². The maximum Gasteiger partial charge on any atom is 0.407 e. The number of nitrogens with zero attached hydrogens (tertiary/aromatic N) is 1. The third-order valence-electron chi connectivity index (χ3n) is 9.90. The van der Waals surface area contributed by atoms with Crippen LogP contribution in [0.2, 0.25) is 0 Å². The van der Waals surface area contributed by atoms with E-state index >= 15 is 0 Å². The Bertz CT molecular complexity index is 1110. The lowest BCUT2D eigenvalue weighted by molar-refractivity contribution is -0.160. The van der Waals surface area contributed by atoms with E-state index in [1.807, 2.05) is 25.1 Å². The molecule has 1 aliphatic rings. The van der Waals surface area contributed by atoms with Gasteiger partial charge in [0.25, 0.3) is 0 Å². The zero-order valence-electron chi connectivity index (χ0n) is 34.6. The number of aryl methyl sites for hydroxylation is 1. The van der Waals surface area contributed by atoms with E-state index in [2.05, 4.69) is 31.0 Å². The Morgan fingerprint density at radius 1 is 0.667 bits per heavy atom. The average Bonchev–Trinajstić information content (AvgIpc) is 3.68. The molecule has 2 rings (SSSR count). The molecule has 1 fully saturated rings. The van der Waals surface area contributed by atoms with Gasteiger partial charge >= 0.3 is 18.0 Å². The summed E-state index contributed by atoms with van der Waals surface area (Å²) < 4.78 is 29.1. The van der Waals surface area contributed by atoms with Crippen molar-refractivity contribution in [3.05, 3.63) is 34.9 Å². The first-order valence-electron chi connectivity index (χ1n) is 21.6. The van der Waals surface area contributed by atoms with E-state index in [4.69, 9.17) is 23.7 Å². The Balaban J connectivity index is 1.75. The number of hydrogen-bond acceptors (Lipinski definition) is 9. The number of alkyl carbamates (subject to hydrolysis) is 1. The van der Waals surface area contributed by atoms with Crippen LogP contribution in [0, 0.1) is 6.92 Å². The van der Waals surface area contributed by atoms with Crippen molar-refractivity contribution < 1.29 is 38.1 Å². The molecule has 1 aromatic carbocycles. The lowest BCUT2D eigenvalue weighted by Crippen LogP contribution is -2.35. The highest BCUT2D eigenvalue weighted by molar-refractivity contribution is 5.70. The van der Waals surface area contributed by atoms with Crippen LogP contribution in [-0.2, 0) is 46.5 Å². The number of carbonyl (C=O) groups excluding carboxylic acids is 3. The summed E-state index contributed by atoms with van der Waals surface area (Å²) in [4.78, 5) is 40.3. The highest BCUT2D eigenvalue weighted by Crippen LogP contribution is 2.17. The van der Waals surface area contributed by atoms with Gasteiger partial charge in [-0.15, -0.1) is 0 Å². The lowest BCUT2D eigenvalue weighted by Gasteiger charge is -2.19. The van der Waals surface area contributed by atoms with E-state index in [1.54, 1.807) is 0 Å². The monoisotopic (exact) mass is 761 g/mol. The molecular formula is C44H76N2O8. The predicted octanol–water partition coefficient (Wildman–Crippen LogP) is 10.1. The third kappa shape index (κ3) is 24.7. The molecule has 1 amide bonds. The van der Waals surface area contributed by atoms with Crippen molar-refractivity contribution in [2.75, 3.05) is 39.4 Å². The Kier molecular flexibility index (Phi) is 27.7. The van der Waals surface area contributed by atoms with Gasteiger partial charge in [-0.2, -0.15) is 0 Å². The number of amides is 1. The van der Waals surface area contributed by atoms with Crippen molar-refractivity contribution in [2.45, 2.75) is 188 Å². The molecule has 54 heavy (non-hydrogen) atoms. The molecule has 0 bridgehead atoms. The van der Waals surface area contributed by atoms with Crippen molar-refractivity contribution >= 4 is 18.0 Å². The molecular weight excluding hydrogens is 684 g/mol. The quantitative estimate of drug-likeness (QED) is 0.0324. The van der Waals surface area contributed by atoms with Crippen LogP contribution >= 0.6 is 0 Å². The van der Waals surface area contributed by atoms with Crippen molar-refractivity contribution in [1.29, 1.82) is 0 Å². The third-order valence-corrected chi connectivity index (χ3v) is 9.90. The number of benzene rings is 1. The number of nitrogens with one attached hydrogen (secondary N) is 1. The largest absolute Gasteiger partial charge is 0.461 e. The molecule has 10 nitrogen and oxygen atoms in total. The van der Waals surface area contributed by atoms with Crippen molar-refractivity contribution in [3.63, 3.8) is 0 Å². The van der Waals surface area contributed by atoms with Gasteiger partial charge in [-0.25, -0.2) is 4.79 Å². The van der Waals surface area contributed by atoms with E-state index in [-0.39, 0.29) is 44.1 Å². The summed E-state index contributed by atoms with van der Waals surface area (Å²) in [6.45, 7) is 13.6. The summed E-state index contributed by atoms with van der Waals surface area (Å²) in [6, 6.07) is 5.84. The first-order valence-corrected chi connectivity index (χ1v) is 21.6. The van der Waals surface area contributed by atoms with Gasteiger partial charge in [-0.05, 0) is 75.7 Å². The highest BCUT2D eigenvalue weighted by Gasteiger charge is 2.18. The first-order chi connectivity index (χ1) is 26.3. The van der Waals surface area contributed by atoms with Crippen molar-refractivity contribution in [2.24, 2.45) is 0 Å². The Morgan fingerprint density at radius 3 is 1.74 bits per heavy atom. The minimum Gasteiger partial charge on any atom is -0.461 e. The smallest absolute Gasteiger partial charge is 0.407 e. The van der Waals surface area contributed by atoms with Crippen LogP contribution in [-0.4, -0.2) is 74.7 Å².